The fraction of sp³-hybridized carbons (Fsp3) is 0.357. The van der Waals surface area contributed by atoms with E-state index in [-0.39, 0.29) is 17.0 Å². The molecule has 0 unspecified atom stereocenters. The van der Waals surface area contributed by atoms with Gasteiger partial charge in [0.05, 0.1) is 11.3 Å². The fourth-order valence-electron chi connectivity index (χ4n) is 1.78. The first-order valence-electron chi connectivity index (χ1n) is 6.36. The topological polar surface area (TPSA) is 83.5 Å². The molecule has 2 N–H and O–H groups in total. The summed E-state index contributed by atoms with van der Waals surface area (Å²) in [5.74, 6) is -1.15. The summed E-state index contributed by atoms with van der Waals surface area (Å²) < 4.78 is 26.0. The van der Waals surface area contributed by atoms with Crippen LogP contribution in [0.3, 0.4) is 0 Å². The maximum absolute atomic E-state index is 11.8. The van der Waals surface area contributed by atoms with Crippen molar-refractivity contribution < 1.29 is 18.3 Å². The number of allylic oxidation sites excluding steroid dienone is 1. The molecule has 0 spiro atoms. The summed E-state index contributed by atoms with van der Waals surface area (Å²) in [5, 5.41) is 9.05. The highest BCUT2D eigenvalue weighted by Gasteiger charge is 2.12. The van der Waals surface area contributed by atoms with Gasteiger partial charge in [-0.1, -0.05) is 19.4 Å². The smallest absolute Gasteiger partial charge is 0.335 e. The van der Waals surface area contributed by atoms with Gasteiger partial charge in [-0.05, 0) is 36.6 Å². The van der Waals surface area contributed by atoms with E-state index in [0.717, 1.165) is 12.0 Å². The molecule has 0 fully saturated rings. The van der Waals surface area contributed by atoms with Crippen LogP contribution in [0, 0.1) is 0 Å². The highest BCUT2D eigenvalue weighted by molar-refractivity contribution is 7.92. The number of hydrogen-bond donors (Lipinski definition) is 2. The molecule has 5 nitrogen and oxygen atoms in total. The molecule has 0 bridgehead atoms. The van der Waals surface area contributed by atoms with Crippen molar-refractivity contribution in [2.45, 2.75) is 26.2 Å². The molecule has 0 heterocycles. The van der Waals surface area contributed by atoms with Gasteiger partial charge in [0.2, 0.25) is 10.0 Å². The van der Waals surface area contributed by atoms with Crippen LogP contribution in [-0.2, 0) is 16.4 Å². The first-order valence-corrected chi connectivity index (χ1v) is 8.02. The van der Waals surface area contributed by atoms with E-state index in [9.17, 15) is 13.2 Å². The molecule has 6 heteroatoms. The zero-order valence-electron chi connectivity index (χ0n) is 11.4. The van der Waals surface area contributed by atoms with Crippen LogP contribution in [0.1, 0.15) is 35.7 Å². The molecular formula is C14H19NO4S. The van der Waals surface area contributed by atoms with Gasteiger partial charge in [-0.2, -0.15) is 0 Å². The molecule has 1 rings (SSSR count). The molecular weight excluding hydrogens is 278 g/mol. The van der Waals surface area contributed by atoms with E-state index in [2.05, 4.69) is 11.3 Å². The maximum atomic E-state index is 11.8. The Labute approximate surface area is 119 Å². The van der Waals surface area contributed by atoms with Crippen LogP contribution < -0.4 is 4.72 Å². The number of aromatic carboxylic acids is 1. The van der Waals surface area contributed by atoms with Crippen molar-refractivity contribution in [3.8, 4) is 0 Å². The van der Waals surface area contributed by atoms with Crippen LogP contribution in [0.15, 0.2) is 30.9 Å². The standard InChI is InChI=1S/C14H19NO4S/c1-3-5-7-20(18,19)15-13-9-11(6-4-2)8-12(10-13)14(16)17/h3,8-10,15H,1,4-7H2,2H3,(H,16,17). The van der Waals surface area contributed by atoms with Crippen molar-refractivity contribution in [2.75, 3.05) is 10.5 Å². The van der Waals surface area contributed by atoms with E-state index in [1.807, 2.05) is 6.92 Å². The second-order valence-corrected chi connectivity index (χ2v) is 6.31. The number of carboxylic acids is 1. The van der Waals surface area contributed by atoms with Crippen LogP contribution in [0.2, 0.25) is 0 Å². The Morgan fingerprint density at radius 3 is 2.65 bits per heavy atom. The Morgan fingerprint density at radius 1 is 1.40 bits per heavy atom. The van der Waals surface area contributed by atoms with E-state index in [1.54, 1.807) is 12.1 Å². The van der Waals surface area contributed by atoms with E-state index in [0.29, 0.717) is 12.8 Å². The van der Waals surface area contributed by atoms with Crippen LogP contribution in [0.5, 0.6) is 0 Å². The van der Waals surface area contributed by atoms with Crippen LogP contribution in [-0.4, -0.2) is 25.2 Å². The predicted molar refractivity (Wildman–Crippen MR) is 79.6 cm³/mol. The van der Waals surface area contributed by atoms with Crippen molar-refractivity contribution in [3.05, 3.63) is 42.0 Å². The molecule has 0 aliphatic rings. The van der Waals surface area contributed by atoms with Crippen LogP contribution >= 0.6 is 0 Å². The average Bonchev–Trinajstić information content (AvgIpc) is 2.36. The molecule has 0 saturated heterocycles. The van der Waals surface area contributed by atoms with Gasteiger partial charge in [0.15, 0.2) is 0 Å². The summed E-state index contributed by atoms with van der Waals surface area (Å²) >= 11 is 0. The Kier molecular flexibility index (Phi) is 5.76. The van der Waals surface area contributed by atoms with Crippen molar-refractivity contribution in [1.82, 2.24) is 0 Å². The first-order chi connectivity index (χ1) is 9.38. The normalized spacial score (nSPS) is 11.1. The third kappa shape index (κ3) is 5.05. The van der Waals surface area contributed by atoms with Crippen LogP contribution in [0.4, 0.5) is 5.69 Å². The molecule has 0 saturated carbocycles. The van der Waals surface area contributed by atoms with Gasteiger partial charge >= 0.3 is 5.97 Å². The number of benzene rings is 1. The largest absolute Gasteiger partial charge is 0.478 e. The molecule has 0 radical (unpaired) electrons. The number of aryl methyl sites for hydroxylation is 1. The van der Waals surface area contributed by atoms with Gasteiger partial charge in [0.25, 0.3) is 0 Å². The molecule has 110 valence electrons. The molecule has 20 heavy (non-hydrogen) atoms. The first kappa shape index (κ1) is 16.2. The predicted octanol–water partition coefficient (Wildman–Crippen LogP) is 2.66. The Morgan fingerprint density at radius 2 is 2.10 bits per heavy atom. The lowest BCUT2D eigenvalue weighted by atomic mass is 10.1. The number of nitrogens with one attached hydrogen (secondary N) is 1. The summed E-state index contributed by atoms with van der Waals surface area (Å²) in [6.07, 6.45) is 3.42. The van der Waals surface area contributed by atoms with Crippen LogP contribution in [0.25, 0.3) is 0 Å². The highest BCUT2D eigenvalue weighted by atomic mass is 32.2. The monoisotopic (exact) mass is 297 g/mol. The highest BCUT2D eigenvalue weighted by Crippen LogP contribution is 2.18. The maximum Gasteiger partial charge on any atom is 0.335 e. The Bertz CT molecular complexity index is 593. The molecule has 0 atom stereocenters. The van der Waals surface area contributed by atoms with E-state index in [4.69, 9.17) is 5.11 Å². The third-order valence-corrected chi connectivity index (χ3v) is 3.96. The van der Waals surface area contributed by atoms with Crippen molar-refractivity contribution >= 4 is 21.7 Å². The number of anilines is 1. The number of sulfonamides is 1. The second-order valence-electron chi connectivity index (χ2n) is 4.47. The molecule has 1 aromatic rings. The minimum atomic E-state index is -3.49. The number of hydrogen-bond acceptors (Lipinski definition) is 3. The number of carboxylic acid groups (broad SMARTS) is 1. The molecule has 0 aliphatic heterocycles. The van der Waals surface area contributed by atoms with Gasteiger partial charge in [-0.25, -0.2) is 13.2 Å². The van der Waals surface area contributed by atoms with Crippen molar-refractivity contribution in [3.63, 3.8) is 0 Å². The minimum absolute atomic E-state index is 0.0725. The average molecular weight is 297 g/mol. The van der Waals surface area contributed by atoms with Gasteiger partial charge in [0.1, 0.15) is 0 Å². The quantitative estimate of drug-likeness (QED) is 0.723. The van der Waals surface area contributed by atoms with E-state index < -0.39 is 16.0 Å². The minimum Gasteiger partial charge on any atom is -0.478 e. The lowest BCUT2D eigenvalue weighted by Gasteiger charge is -2.10. The van der Waals surface area contributed by atoms with Gasteiger partial charge in [0, 0.05) is 5.69 Å². The summed E-state index contributed by atoms with van der Waals surface area (Å²) in [4.78, 5) is 11.1. The summed E-state index contributed by atoms with van der Waals surface area (Å²) in [6.45, 7) is 5.45. The van der Waals surface area contributed by atoms with E-state index in [1.165, 1.54) is 12.1 Å². The Balaban J connectivity index is 3.04. The van der Waals surface area contributed by atoms with Gasteiger partial charge < -0.3 is 5.11 Å². The summed E-state index contributed by atoms with van der Waals surface area (Å²) in [7, 11) is -3.49. The SMILES string of the molecule is C=CCCS(=O)(=O)Nc1cc(CCC)cc(C(=O)O)c1. The van der Waals surface area contributed by atoms with Crippen molar-refractivity contribution in [2.24, 2.45) is 0 Å². The Hall–Kier alpha value is -1.82. The zero-order chi connectivity index (χ0) is 15.2. The second kappa shape index (κ2) is 7.09. The lowest BCUT2D eigenvalue weighted by molar-refractivity contribution is 0.0697. The van der Waals surface area contributed by atoms with Gasteiger partial charge in [-0.3, -0.25) is 4.72 Å². The van der Waals surface area contributed by atoms with E-state index >= 15 is 0 Å². The van der Waals surface area contributed by atoms with Gasteiger partial charge in [-0.15, -0.1) is 6.58 Å². The fourth-order valence-corrected chi connectivity index (χ4v) is 2.83. The molecule has 0 aliphatic carbocycles. The van der Waals surface area contributed by atoms with Crippen molar-refractivity contribution in [1.29, 1.82) is 0 Å². The lowest BCUT2D eigenvalue weighted by Crippen LogP contribution is -2.16. The zero-order valence-corrected chi connectivity index (χ0v) is 12.2. The number of carbonyl (C=O) groups is 1. The third-order valence-electron chi connectivity index (χ3n) is 2.64. The number of rotatable bonds is 8. The molecule has 0 amide bonds. The summed E-state index contributed by atoms with van der Waals surface area (Å²) in [6, 6.07) is 4.56. The molecule has 0 aromatic heterocycles. The summed E-state index contributed by atoms with van der Waals surface area (Å²) in [5.41, 5.74) is 1.17. The molecule has 1 aromatic carbocycles.